The summed E-state index contributed by atoms with van der Waals surface area (Å²) in [6.07, 6.45) is 2.41. The maximum absolute atomic E-state index is 12.8. The van der Waals surface area contributed by atoms with E-state index in [2.05, 4.69) is 16.0 Å². The van der Waals surface area contributed by atoms with Crippen molar-refractivity contribution >= 4 is 34.8 Å². The van der Waals surface area contributed by atoms with Crippen LogP contribution in [0.5, 0.6) is 0 Å². The first-order valence-corrected chi connectivity index (χ1v) is 4.31. The maximum Gasteiger partial charge on any atom is 1.00 e. The third-order valence-corrected chi connectivity index (χ3v) is 1.81. The Morgan fingerprint density at radius 2 is 2.24 bits per heavy atom. The molecule has 0 amide bonds. The molecular formula is C9H5ClFKN2O3. The van der Waals surface area contributed by atoms with Crippen molar-refractivity contribution in [1.82, 2.24) is 9.97 Å². The molecule has 2 aromatic heterocycles. The van der Waals surface area contributed by atoms with E-state index in [-0.39, 0.29) is 62.8 Å². The minimum Gasteiger partial charge on any atom is -0.476 e. The van der Waals surface area contributed by atoms with E-state index >= 15 is 0 Å². The molecule has 0 aromatic carbocycles. The van der Waals surface area contributed by atoms with Crippen molar-refractivity contribution in [2.45, 2.75) is 0 Å². The number of nitrogens with zero attached hydrogens (tertiary/aromatic N) is 1. The summed E-state index contributed by atoms with van der Waals surface area (Å²) in [7, 11) is 0. The zero-order valence-electron chi connectivity index (χ0n) is 8.70. The van der Waals surface area contributed by atoms with Crippen LogP contribution in [0.3, 0.4) is 0 Å². The summed E-state index contributed by atoms with van der Waals surface area (Å²) < 4.78 is 12.8. The van der Waals surface area contributed by atoms with Gasteiger partial charge in [0, 0.05) is 12.0 Å². The molecule has 8 heteroatoms. The fourth-order valence-corrected chi connectivity index (χ4v) is 1.12. The number of halogens is 2. The van der Waals surface area contributed by atoms with Crippen LogP contribution in [0.2, 0.25) is 5.15 Å². The van der Waals surface area contributed by atoms with Crippen LogP contribution in [0.4, 0.5) is 4.39 Å². The Kier molecular flexibility index (Phi) is 7.76. The third-order valence-electron chi connectivity index (χ3n) is 1.52. The van der Waals surface area contributed by atoms with E-state index in [9.17, 15) is 4.39 Å². The molecule has 0 atom stereocenters. The summed E-state index contributed by atoms with van der Waals surface area (Å²) in [6.45, 7) is 0. The van der Waals surface area contributed by atoms with Crippen LogP contribution in [0, 0.1) is 11.9 Å². The average Bonchev–Trinajstić information content (AvgIpc) is 2.74. The first kappa shape index (κ1) is 16.7. The number of fused-ring (bicyclic) bond motifs is 1. The van der Waals surface area contributed by atoms with Crippen LogP contribution in [0.25, 0.3) is 10.9 Å². The third kappa shape index (κ3) is 4.82. The van der Waals surface area contributed by atoms with Crippen LogP contribution >= 0.6 is 11.6 Å². The van der Waals surface area contributed by atoms with Crippen molar-refractivity contribution in [3.05, 3.63) is 29.4 Å². The molecule has 0 unspecified atom stereocenters. The number of rotatable bonds is 1. The van der Waals surface area contributed by atoms with Gasteiger partial charge in [0.15, 0.2) is 0 Å². The molecule has 0 bridgehead atoms. The molecule has 0 aliphatic rings. The first-order chi connectivity index (χ1) is 7.56. The van der Waals surface area contributed by atoms with Crippen molar-refractivity contribution in [1.29, 1.82) is 0 Å². The Balaban J connectivity index is 0.000000373. The molecule has 0 radical (unpaired) electrons. The molecule has 17 heavy (non-hydrogen) atoms. The molecule has 0 aliphatic carbocycles. The van der Waals surface area contributed by atoms with Crippen molar-refractivity contribution in [3.8, 4) is 0 Å². The quantitative estimate of drug-likeness (QED) is 0.218. The molecule has 5 nitrogen and oxygen atoms in total. The van der Waals surface area contributed by atoms with Crippen molar-refractivity contribution < 1.29 is 70.5 Å². The number of hydrogen-bond donors (Lipinski definition) is 2. The molecule has 2 rings (SSSR count). The largest absolute Gasteiger partial charge is 1.00 e. The van der Waals surface area contributed by atoms with E-state index in [0.29, 0.717) is 10.9 Å². The van der Waals surface area contributed by atoms with Crippen molar-refractivity contribution in [2.75, 3.05) is 0 Å². The maximum atomic E-state index is 12.8. The summed E-state index contributed by atoms with van der Waals surface area (Å²) in [4.78, 5) is 24.3. The van der Waals surface area contributed by atoms with E-state index < -0.39 is 11.8 Å². The normalized spacial score (nSPS) is 8.82. The minimum absolute atomic E-state index is 0. The van der Waals surface area contributed by atoms with E-state index in [1.54, 1.807) is 0 Å². The van der Waals surface area contributed by atoms with Gasteiger partial charge in [-0.05, 0) is 5.52 Å². The number of carbonyl (C=O) groups excluding carboxylic acids is 1. The second-order valence-corrected chi connectivity index (χ2v) is 2.89. The van der Waals surface area contributed by atoms with Crippen LogP contribution in [-0.2, 0) is 9.59 Å². The predicted octanol–water partition coefficient (Wildman–Crippen LogP) is -1.57. The van der Waals surface area contributed by atoms with Crippen LogP contribution in [-0.4, -0.2) is 27.3 Å². The average molecular weight is 283 g/mol. The first-order valence-electron chi connectivity index (χ1n) is 3.93. The van der Waals surface area contributed by atoms with E-state index in [4.69, 9.17) is 26.3 Å². The summed E-state index contributed by atoms with van der Waals surface area (Å²) >= 11 is 5.64. The van der Waals surface area contributed by atoms with Gasteiger partial charge in [-0.2, -0.15) is 6.07 Å². The van der Waals surface area contributed by atoms with Gasteiger partial charge in [-0.1, -0.05) is 17.8 Å². The Morgan fingerprint density at radius 3 is 2.71 bits per heavy atom. The number of aromatic amines is 1. The number of pyridine rings is 1. The number of carboxylic acid groups (broad SMARTS) is 1. The van der Waals surface area contributed by atoms with Gasteiger partial charge in [0.2, 0.25) is 6.29 Å². The van der Waals surface area contributed by atoms with Crippen LogP contribution in [0.15, 0.2) is 12.4 Å². The summed E-state index contributed by atoms with van der Waals surface area (Å²) in [5.41, 5.74) is 0.492. The number of H-pyrrole nitrogens is 1. The molecule has 0 fully saturated rings. The summed E-state index contributed by atoms with van der Waals surface area (Å²) in [5.74, 6) is -1.84. The van der Waals surface area contributed by atoms with Crippen LogP contribution in [0.1, 0.15) is 0 Å². The van der Waals surface area contributed by atoms with Gasteiger partial charge >= 0.3 is 57.4 Å². The van der Waals surface area contributed by atoms with Crippen LogP contribution < -0.4 is 51.4 Å². The summed E-state index contributed by atoms with van der Waals surface area (Å²) in [5, 5.41) is 7.97. The Morgan fingerprint density at radius 1 is 1.65 bits per heavy atom. The zero-order valence-corrected chi connectivity index (χ0v) is 12.6. The molecule has 2 heterocycles. The smallest absolute Gasteiger partial charge is 0.476 e. The van der Waals surface area contributed by atoms with Gasteiger partial charge in [0.05, 0.1) is 5.15 Å². The fourth-order valence-electron chi connectivity index (χ4n) is 0.918. The van der Waals surface area contributed by atoms with E-state index in [0.717, 1.165) is 6.20 Å². The van der Waals surface area contributed by atoms with E-state index in [1.165, 1.54) is 6.20 Å². The standard InChI is InChI=1S/C7H3ClFN2.C2H2O3.K/c8-7-6-4(1-2-10-6)5(9)3-11-7;3-1-2(4)5;/h2-3,10H;1H,(H,4,5);/q-1;;+1. The second kappa shape index (κ2) is 7.91. The number of nitrogens with one attached hydrogen (secondary N) is 1. The monoisotopic (exact) mass is 282 g/mol. The zero-order chi connectivity index (χ0) is 12.1. The molecule has 84 valence electrons. The minimum atomic E-state index is -1.43. The molecule has 0 aliphatic heterocycles. The van der Waals surface area contributed by atoms with Crippen molar-refractivity contribution in [2.24, 2.45) is 0 Å². The van der Waals surface area contributed by atoms with Crippen molar-refractivity contribution in [3.63, 3.8) is 0 Å². The number of carbonyl (C=O) groups is 2. The van der Waals surface area contributed by atoms with Gasteiger partial charge in [-0.15, -0.1) is 5.39 Å². The SMILES string of the molecule is Fc1cnc(Cl)c2[nH]c[c-]c12.O=CC(=O)O.[K+]. The number of hydrogen-bond acceptors (Lipinski definition) is 3. The predicted molar refractivity (Wildman–Crippen MR) is 53.6 cm³/mol. The van der Waals surface area contributed by atoms with Gasteiger partial charge in [-0.25, -0.2) is 4.79 Å². The Labute approximate surface area is 143 Å². The van der Waals surface area contributed by atoms with Gasteiger partial charge in [-0.3, -0.25) is 14.2 Å². The molecule has 0 spiro atoms. The molecular weight excluding hydrogens is 278 g/mol. The number of aldehydes is 1. The van der Waals surface area contributed by atoms with Gasteiger partial charge < -0.3 is 10.1 Å². The fraction of sp³-hybridized carbons (Fsp3) is 0. The topological polar surface area (TPSA) is 83.0 Å². The van der Waals surface area contributed by atoms with Gasteiger partial charge in [0.25, 0.3) is 0 Å². The molecule has 0 saturated heterocycles. The molecule has 2 N–H and O–H groups in total. The molecule has 2 aromatic rings. The van der Waals surface area contributed by atoms with Gasteiger partial charge in [0.1, 0.15) is 0 Å². The van der Waals surface area contributed by atoms with E-state index in [1.807, 2.05) is 0 Å². The Hall–Kier alpha value is -0.314. The number of aliphatic carboxylic acids is 1. The summed E-state index contributed by atoms with van der Waals surface area (Å²) in [6, 6.07) is 2.67. The number of carboxylic acids is 1. The Bertz CT molecular complexity index is 496. The second-order valence-electron chi connectivity index (χ2n) is 2.54. The molecule has 0 saturated carbocycles. The number of aromatic nitrogens is 2.